The van der Waals surface area contributed by atoms with Gasteiger partial charge in [-0.25, -0.2) is 0 Å². The number of rotatable bonds is 7. The van der Waals surface area contributed by atoms with Gasteiger partial charge < -0.3 is 14.8 Å². The highest BCUT2D eigenvalue weighted by Crippen LogP contribution is 2.28. The van der Waals surface area contributed by atoms with Gasteiger partial charge in [-0.05, 0) is 42.4 Å². The van der Waals surface area contributed by atoms with E-state index in [0.29, 0.717) is 22.9 Å². The van der Waals surface area contributed by atoms with Crippen LogP contribution in [-0.2, 0) is 10.5 Å². The number of carbonyl (C=O) groups excluding carboxylic acids is 1. The lowest BCUT2D eigenvalue weighted by molar-refractivity contribution is -0.119. The smallest absolute Gasteiger partial charge is 0.248 e. The molecule has 8 heteroatoms. The van der Waals surface area contributed by atoms with Crippen LogP contribution in [0.15, 0.2) is 42.5 Å². The fourth-order valence-corrected chi connectivity index (χ4v) is 3.32. The van der Waals surface area contributed by atoms with Crippen LogP contribution in [0, 0.1) is 6.92 Å². The molecule has 144 valence electrons. The number of amides is 1. The first-order valence-corrected chi connectivity index (χ1v) is 9.80. The van der Waals surface area contributed by atoms with Crippen molar-refractivity contribution >= 4 is 40.7 Å². The number of ether oxygens (including phenoxy) is 2. The zero-order valence-corrected chi connectivity index (χ0v) is 17.1. The summed E-state index contributed by atoms with van der Waals surface area (Å²) < 4.78 is 10.5. The van der Waals surface area contributed by atoms with Gasteiger partial charge in [0, 0.05) is 11.8 Å². The van der Waals surface area contributed by atoms with E-state index >= 15 is 0 Å². The molecule has 0 bridgehead atoms. The van der Waals surface area contributed by atoms with Crippen LogP contribution in [0.3, 0.4) is 0 Å². The minimum absolute atomic E-state index is 0.157. The van der Waals surface area contributed by atoms with Gasteiger partial charge in [-0.15, -0.1) is 11.8 Å². The van der Waals surface area contributed by atoms with Gasteiger partial charge in [-0.2, -0.15) is 0 Å². The summed E-state index contributed by atoms with van der Waals surface area (Å²) in [5, 5.41) is 3.22. The number of thioether (sulfide) groups is 1. The van der Waals surface area contributed by atoms with Crippen molar-refractivity contribution in [3.63, 3.8) is 0 Å². The van der Waals surface area contributed by atoms with Gasteiger partial charge in [0.2, 0.25) is 5.91 Å². The zero-order valence-electron chi connectivity index (χ0n) is 15.5. The van der Waals surface area contributed by atoms with Crippen molar-refractivity contribution in [2.24, 2.45) is 0 Å². The fourth-order valence-electron chi connectivity index (χ4n) is 2.25. The van der Waals surface area contributed by atoms with Gasteiger partial charge in [0.05, 0.1) is 25.7 Å². The number of benzene rings is 2. The molecule has 0 saturated carbocycles. The van der Waals surface area contributed by atoms with Crippen LogP contribution in [0.25, 0.3) is 0 Å². The molecular formula is C19H23N3O3S2. The molecule has 0 aromatic heterocycles. The summed E-state index contributed by atoms with van der Waals surface area (Å²) in [4.78, 5) is 12.0. The number of aryl methyl sites for hydroxylation is 1. The molecule has 0 saturated heterocycles. The van der Waals surface area contributed by atoms with E-state index in [-0.39, 0.29) is 11.0 Å². The van der Waals surface area contributed by atoms with E-state index < -0.39 is 0 Å². The maximum atomic E-state index is 12.0. The number of nitrogens with one attached hydrogen (secondary N) is 3. The Balaban J connectivity index is 1.76. The van der Waals surface area contributed by atoms with Crippen molar-refractivity contribution in [2.75, 3.05) is 25.3 Å². The number of hydrazine groups is 1. The number of hydrogen-bond donors (Lipinski definition) is 3. The maximum absolute atomic E-state index is 12.0. The van der Waals surface area contributed by atoms with E-state index in [4.69, 9.17) is 21.7 Å². The molecule has 0 spiro atoms. The zero-order chi connectivity index (χ0) is 19.6. The Labute approximate surface area is 169 Å². The first kappa shape index (κ1) is 20.9. The normalized spacial score (nSPS) is 10.0. The topological polar surface area (TPSA) is 71.6 Å². The lowest BCUT2D eigenvalue weighted by Gasteiger charge is -2.15. The van der Waals surface area contributed by atoms with Crippen LogP contribution in [0.4, 0.5) is 5.69 Å². The monoisotopic (exact) mass is 405 g/mol. The van der Waals surface area contributed by atoms with Gasteiger partial charge in [0.15, 0.2) is 5.11 Å². The first-order valence-electron chi connectivity index (χ1n) is 8.23. The second-order valence-electron chi connectivity index (χ2n) is 5.61. The summed E-state index contributed by atoms with van der Waals surface area (Å²) in [6.45, 7) is 2.06. The van der Waals surface area contributed by atoms with E-state index in [1.807, 2.05) is 12.1 Å². The molecule has 2 aromatic rings. The Bertz CT molecular complexity index is 800. The predicted octanol–water partition coefficient (Wildman–Crippen LogP) is 3.26. The van der Waals surface area contributed by atoms with Crippen LogP contribution in [0.2, 0.25) is 0 Å². The highest BCUT2D eigenvalue weighted by molar-refractivity contribution is 7.99. The van der Waals surface area contributed by atoms with Gasteiger partial charge >= 0.3 is 0 Å². The van der Waals surface area contributed by atoms with E-state index in [1.54, 1.807) is 44.2 Å². The average Bonchev–Trinajstić information content (AvgIpc) is 2.67. The van der Waals surface area contributed by atoms with Crippen molar-refractivity contribution < 1.29 is 14.3 Å². The average molecular weight is 406 g/mol. The molecule has 3 N–H and O–H groups in total. The predicted molar refractivity (Wildman–Crippen MR) is 114 cm³/mol. The lowest BCUT2D eigenvalue weighted by Crippen LogP contribution is -2.44. The standard InChI is InChI=1S/C19H23N3O3S2/c1-13-6-4-5-7-14(13)11-27-12-18(23)21-22-19(26)20-16-10-15(24-2)8-9-17(16)25-3/h4-10H,11-12H2,1-3H3,(H,21,23)(H2,20,22,26). The van der Waals surface area contributed by atoms with Crippen LogP contribution in [0.5, 0.6) is 11.5 Å². The summed E-state index contributed by atoms with van der Waals surface area (Å²) in [5.74, 6) is 2.23. The second kappa shape index (κ2) is 10.6. The molecule has 0 unspecified atom stereocenters. The Kier molecular flexibility index (Phi) is 8.22. The third-order valence-corrected chi connectivity index (χ3v) is 4.91. The van der Waals surface area contributed by atoms with Crippen LogP contribution < -0.4 is 25.6 Å². The van der Waals surface area contributed by atoms with Crippen molar-refractivity contribution in [3.05, 3.63) is 53.6 Å². The molecule has 1 amide bonds. The minimum Gasteiger partial charge on any atom is -0.497 e. The molecule has 2 rings (SSSR count). The summed E-state index contributed by atoms with van der Waals surface area (Å²) in [6, 6.07) is 13.4. The summed E-state index contributed by atoms with van der Waals surface area (Å²) in [5.41, 5.74) is 8.36. The summed E-state index contributed by atoms with van der Waals surface area (Å²) in [7, 11) is 3.15. The fraction of sp³-hybridized carbons (Fsp3) is 0.263. The molecule has 0 radical (unpaired) electrons. The number of methoxy groups -OCH3 is 2. The highest BCUT2D eigenvalue weighted by Gasteiger charge is 2.08. The molecule has 0 aliphatic carbocycles. The molecule has 0 aliphatic heterocycles. The van der Waals surface area contributed by atoms with E-state index in [9.17, 15) is 4.79 Å². The molecule has 0 aliphatic rings. The van der Waals surface area contributed by atoms with Gasteiger partial charge in [-0.1, -0.05) is 24.3 Å². The quantitative estimate of drug-likeness (QED) is 0.482. The highest BCUT2D eigenvalue weighted by atomic mass is 32.2. The number of thiocarbonyl (C=S) groups is 1. The van der Waals surface area contributed by atoms with Gasteiger partial charge in [0.25, 0.3) is 0 Å². The van der Waals surface area contributed by atoms with Crippen molar-refractivity contribution in [1.29, 1.82) is 0 Å². The summed E-state index contributed by atoms with van der Waals surface area (Å²) >= 11 is 6.75. The third-order valence-electron chi connectivity index (χ3n) is 3.72. The number of anilines is 1. The van der Waals surface area contributed by atoms with Crippen LogP contribution in [-0.4, -0.2) is 31.0 Å². The molecule has 0 fully saturated rings. The minimum atomic E-state index is -0.157. The van der Waals surface area contributed by atoms with Crippen LogP contribution in [0.1, 0.15) is 11.1 Å². The summed E-state index contributed by atoms with van der Waals surface area (Å²) in [6.07, 6.45) is 0. The lowest BCUT2D eigenvalue weighted by atomic mass is 10.1. The Morgan fingerprint density at radius 1 is 1.11 bits per heavy atom. The maximum Gasteiger partial charge on any atom is 0.248 e. The van der Waals surface area contributed by atoms with E-state index in [1.165, 1.54) is 11.1 Å². The van der Waals surface area contributed by atoms with Crippen molar-refractivity contribution in [1.82, 2.24) is 10.9 Å². The number of carbonyl (C=O) groups is 1. The molecule has 2 aromatic carbocycles. The van der Waals surface area contributed by atoms with E-state index in [2.05, 4.69) is 35.2 Å². The third kappa shape index (κ3) is 6.65. The van der Waals surface area contributed by atoms with E-state index in [0.717, 1.165) is 5.75 Å². The Morgan fingerprint density at radius 3 is 2.59 bits per heavy atom. The molecule has 6 nitrogen and oxygen atoms in total. The van der Waals surface area contributed by atoms with Gasteiger partial charge in [-0.3, -0.25) is 15.6 Å². The number of hydrogen-bond acceptors (Lipinski definition) is 5. The SMILES string of the molecule is COc1ccc(OC)c(NC(=S)NNC(=O)CSCc2ccccc2C)c1. The van der Waals surface area contributed by atoms with Gasteiger partial charge in [0.1, 0.15) is 11.5 Å². The van der Waals surface area contributed by atoms with Crippen molar-refractivity contribution in [3.8, 4) is 11.5 Å². The van der Waals surface area contributed by atoms with Crippen LogP contribution >= 0.6 is 24.0 Å². The van der Waals surface area contributed by atoms with Crippen molar-refractivity contribution in [2.45, 2.75) is 12.7 Å². The molecule has 0 heterocycles. The largest absolute Gasteiger partial charge is 0.497 e. The molecular weight excluding hydrogens is 382 g/mol. The molecule has 27 heavy (non-hydrogen) atoms. The molecule has 0 atom stereocenters. The second-order valence-corrected chi connectivity index (χ2v) is 7.01. The Morgan fingerprint density at radius 2 is 1.89 bits per heavy atom. The Hall–Kier alpha value is -2.45. The first-order chi connectivity index (χ1) is 13.0.